The van der Waals surface area contributed by atoms with Crippen LogP contribution in [0.4, 0.5) is 0 Å². The zero-order chi connectivity index (χ0) is 8.97. The second kappa shape index (κ2) is 3.61. The lowest BCUT2D eigenvalue weighted by Crippen LogP contribution is -2.27. The van der Waals surface area contributed by atoms with Crippen LogP contribution in [0.3, 0.4) is 0 Å². The number of imide groups is 1. The van der Waals surface area contributed by atoms with Crippen LogP contribution in [-0.4, -0.2) is 16.8 Å². The van der Waals surface area contributed by atoms with Crippen LogP contribution >= 0.6 is 0 Å². The highest BCUT2D eigenvalue weighted by Gasteiger charge is 2.04. The number of hydrogen-bond acceptors (Lipinski definition) is 3. The Morgan fingerprint density at radius 3 is 2.42 bits per heavy atom. The van der Waals surface area contributed by atoms with E-state index in [0.29, 0.717) is 5.56 Å². The number of amides is 2. The van der Waals surface area contributed by atoms with Gasteiger partial charge in [-0.2, -0.15) is 0 Å². The third-order valence-corrected chi connectivity index (χ3v) is 1.23. The van der Waals surface area contributed by atoms with Crippen molar-refractivity contribution >= 4 is 11.8 Å². The summed E-state index contributed by atoms with van der Waals surface area (Å²) in [6.45, 7) is 1.29. The van der Waals surface area contributed by atoms with Gasteiger partial charge in [0.2, 0.25) is 5.91 Å². The molecule has 0 atom stereocenters. The Kier molecular flexibility index (Phi) is 2.53. The lowest BCUT2D eigenvalue weighted by molar-refractivity contribution is -0.118. The van der Waals surface area contributed by atoms with Crippen molar-refractivity contribution in [3.8, 4) is 0 Å². The van der Waals surface area contributed by atoms with Crippen molar-refractivity contribution < 1.29 is 9.59 Å². The molecule has 1 N–H and O–H groups in total. The summed E-state index contributed by atoms with van der Waals surface area (Å²) in [4.78, 5) is 25.3. The van der Waals surface area contributed by atoms with Gasteiger partial charge in [-0.15, -0.1) is 0 Å². The van der Waals surface area contributed by atoms with Crippen LogP contribution in [0.1, 0.15) is 17.3 Å². The average molecular weight is 164 g/mol. The van der Waals surface area contributed by atoms with Gasteiger partial charge in [0.15, 0.2) is 0 Å². The highest BCUT2D eigenvalue weighted by atomic mass is 16.2. The Morgan fingerprint density at radius 2 is 1.92 bits per heavy atom. The van der Waals surface area contributed by atoms with Gasteiger partial charge in [-0.3, -0.25) is 19.9 Å². The molecule has 0 bridgehead atoms. The Bertz CT molecular complexity index is 295. The first-order chi connectivity index (χ1) is 5.70. The molecule has 0 saturated carbocycles. The molecule has 2 amide bonds. The quantitative estimate of drug-likeness (QED) is 0.651. The maximum Gasteiger partial charge on any atom is 0.257 e. The van der Waals surface area contributed by atoms with Crippen molar-refractivity contribution in [2.75, 3.05) is 0 Å². The van der Waals surface area contributed by atoms with Gasteiger partial charge in [0.05, 0.1) is 0 Å². The molecule has 1 heterocycles. The highest BCUT2D eigenvalue weighted by molar-refractivity contribution is 6.03. The monoisotopic (exact) mass is 164 g/mol. The smallest absolute Gasteiger partial charge is 0.257 e. The maximum atomic E-state index is 11.1. The van der Waals surface area contributed by atoms with Crippen LogP contribution in [0.25, 0.3) is 0 Å². The van der Waals surface area contributed by atoms with Crippen molar-refractivity contribution in [3.63, 3.8) is 0 Å². The fraction of sp³-hybridized carbons (Fsp3) is 0.125. The number of hydrogen-bond donors (Lipinski definition) is 1. The third-order valence-electron chi connectivity index (χ3n) is 1.23. The SMILES string of the molecule is CC(=O)NC(=O)c1ccncc1. The molecule has 0 saturated heterocycles. The summed E-state index contributed by atoms with van der Waals surface area (Å²) in [5, 5.41) is 2.15. The molecule has 62 valence electrons. The van der Waals surface area contributed by atoms with E-state index >= 15 is 0 Å². The van der Waals surface area contributed by atoms with Crippen LogP contribution in [0, 0.1) is 0 Å². The first-order valence-corrected chi connectivity index (χ1v) is 3.42. The van der Waals surface area contributed by atoms with E-state index < -0.39 is 5.91 Å². The van der Waals surface area contributed by atoms with Crippen molar-refractivity contribution in [2.45, 2.75) is 6.92 Å². The molecule has 0 aliphatic rings. The number of nitrogens with zero attached hydrogens (tertiary/aromatic N) is 1. The highest BCUT2D eigenvalue weighted by Crippen LogP contribution is 1.94. The van der Waals surface area contributed by atoms with Gasteiger partial charge < -0.3 is 0 Å². The fourth-order valence-electron chi connectivity index (χ4n) is 0.735. The summed E-state index contributed by atoms with van der Waals surface area (Å²) in [5.74, 6) is -0.762. The normalized spacial score (nSPS) is 9.08. The minimum absolute atomic E-state index is 0.364. The minimum Gasteiger partial charge on any atom is -0.293 e. The van der Waals surface area contributed by atoms with Crippen molar-refractivity contribution in [3.05, 3.63) is 30.1 Å². The van der Waals surface area contributed by atoms with E-state index in [0.717, 1.165) is 0 Å². The lowest BCUT2D eigenvalue weighted by Gasteiger charge is -1.98. The number of carbonyl (C=O) groups excluding carboxylic acids is 2. The standard InChI is InChI=1S/C8H8N2O2/c1-6(11)10-8(12)7-2-4-9-5-3-7/h2-5H,1H3,(H,10,11,12). The topological polar surface area (TPSA) is 59.1 Å². The van der Waals surface area contributed by atoms with Gasteiger partial charge in [-0.25, -0.2) is 0 Å². The summed E-state index contributed by atoms with van der Waals surface area (Å²) in [6.07, 6.45) is 2.99. The van der Waals surface area contributed by atoms with E-state index in [4.69, 9.17) is 0 Å². The van der Waals surface area contributed by atoms with E-state index in [1.807, 2.05) is 0 Å². The molecule has 0 aromatic carbocycles. The Balaban J connectivity index is 2.73. The van der Waals surface area contributed by atoms with Crippen LogP contribution in [0.2, 0.25) is 0 Å². The van der Waals surface area contributed by atoms with E-state index in [1.54, 1.807) is 0 Å². The van der Waals surface area contributed by atoms with Crippen LogP contribution in [0.5, 0.6) is 0 Å². The lowest BCUT2D eigenvalue weighted by atomic mass is 10.2. The third kappa shape index (κ3) is 2.16. The van der Waals surface area contributed by atoms with Gasteiger partial charge in [0, 0.05) is 24.9 Å². The van der Waals surface area contributed by atoms with Gasteiger partial charge in [-0.1, -0.05) is 0 Å². The van der Waals surface area contributed by atoms with Crippen molar-refractivity contribution in [2.24, 2.45) is 0 Å². The summed E-state index contributed by atoms with van der Waals surface area (Å²) in [6, 6.07) is 3.08. The Labute approximate surface area is 69.6 Å². The van der Waals surface area contributed by atoms with E-state index in [9.17, 15) is 9.59 Å². The summed E-state index contributed by atoms with van der Waals surface area (Å²) < 4.78 is 0. The molecule has 0 aliphatic carbocycles. The first-order valence-electron chi connectivity index (χ1n) is 3.42. The number of pyridine rings is 1. The van der Waals surface area contributed by atoms with E-state index in [2.05, 4.69) is 10.3 Å². The molecule has 1 rings (SSSR count). The molecule has 0 radical (unpaired) electrons. The van der Waals surface area contributed by atoms with Crippen LogP contribution < -0.4 is 5.32 Å². The predicted molar refractivity (Wildman–Crippen MR) is 42.4 cm³/mol. The van der Waals surface area contributed by atoms with Gasteiger partial charge in [0.1, 0.15) is 0 Å². The Hall–Kier alpha value is -1.71. The Morgan fingerprint density at radius 1 is 1.33 bits per heavy atom. The number of aromatic nitrogens is 1. The van der Waals surface area contributed by atoms with E-state index in [-0.39, 0.29) is 5.91 Å². The van der Waals surface area contributed by atoms with Gasteiger partial charge in [0.25, 0.3) is 5.91 Å². The second-order valence-electron chi connectivity index (χ2n) is 2.25. The second-order valence-corrected chi connectivity index (χ2v) is 2.25. The van der Waals surface area contributed by atoms with Gasteiger partial charge in [-0.05, 0) is 12.1 Å². The molecule has 1 aromatic rings. The first kappa shape index (κ1) is 8.39. The number of rotatable bonds is 1. The molecule has 0 fully saturated rings. The summed E-state index contributed by atoms with van der Waals surface area (Å²) >= 11 is 0. The molecule has 0 unspecified atom stereocenters. The van der Waals surface area contributed by atoms with E-state index in [1.165, 1.54) is 31.5 Å². The largest absolute Gasteiger partial charge is 0.293 e. The predicted octanol–water partition coefficient (Wildman–Crippen LogP) is 0.358. The summed E-state index contributed by atoms with van der Waals surface area (Å²) in [7, 11) is 0. The zero-order valence-electron chi connectivity index (χ0n) is 6.57. The molecule has 4 nitrogen and oxygen atoms in total. The molecule has 4 heteroatoms. The average Bonchev–Trinajstić information content (AvgIpc) is 2.05. The molecular formula is C8H8N2O2. The maximum absolute atomic E-state index is 11.1. The summed E-state index contributed by atoms with van der Waals surface area (Å²) in [5.41, 5.74) is 0.431. The minimum atomic E-state index is -0.398. The van der Waals surface area contributed by atoms with Crippen LogP contribution in [0.15, 0.2) is 24.5 Å². The fourth-order valence-corrected chi connectivity index (χ4v) is 0.735. The molecule has 1 aromatic heterocycles. The molecule has 0 spiro atoms. The molecule has 0 aliphatic heterocycles. The number of carbonyl (C=O) groups is 2. The van der Waals surface area contributed by atoms with Crippen molar-refractivity contribution in [1.82, 2.24) is 10.3 Å². The number of nitrogens with one attached hydrogen (secondary N) is 1. The zero-order valence-corrected chi connectivity index (χ0v) is 6.57. The van der Waals surface area contributed by atoms with Gasteiger partial charge >= 0.3 is 0 Å². The van der Waals surface area contributed by atoms with Crippen LogP contribution in [-0.2, 0) is 4.79 Å². The van der Waals surface area contributed by atoms with Crippen molar-refractivity contribution in [1.29, 1.82) is 0 Å². The molecular weight excluding hydrogens is 156 g/mol. The molecule has 12 heavy (non-hydrogen) atoms.